The Labute approximate surface area is 210 Å². The van der Waals surface area contributed by atoms with Crippen molar-refractivity contribution in [2.45, 2.75) is 25.2 Å². The molecule has 0 unspecified atom stereocenters. The van der Waals surface area contributed by atoms with E-state index in [1.807, 2.05) is 97.1 Å². The summed E-state index contributed by atoms with van der Waals surface area (Å²) < 4.78 is 5.51. The molecule has 0 radical (unpaired) electrons. The third-order valence-electron chi connectivity index (χ3n) is 5.90. The molecule has 4 rings (SSSR count). The van der Waals surface area contributed by atoms with E-state index in [1.165, 1.54) is 6.07 Å². The Hall–Kier alpha value is -4.44. The highest BCUT2D eigenvalue weighted by molar-refractivity contribution is 5.80. The van der Waals surface area contributed by atoms with Gasteiger partial charge in [-0.15, -0.1) is 0 Å². The number of carbonyl (C=O) groups excluding carboxylic acids is 1. The molecule has 1 N–H and O–H groups in total. The topological polar surface area (TPSA) is 67.5 Å². The average Bonchev–Trinajstić information content (AvgIpc) is 2.90. The molecule has 0 amide bonds. The van der Waals surface area contributed by atoms with Crippen LogP contribution in [0.1, 0.15) is 46.8 Å². The van der Waals surface area contributed by atoms with Gasteiger partial charge in [-0.2, -0.15) is 0 Å². The van der Waals surface area contributed by atoms with Crippen LogP contribution >= 0.6 is 0 Å². The van der Waals surface area contributed by atoms with E-state index < -0.39 is 11.5 Å². The van der Waals surface area contributed by atoms with E-state index in [0.717, 1.165) is 16.7 Å². The fraction of sp³-hybridized carbons (Fsp3) is 0.125. The van der Waals surface area contributed by atoms with Gasteiger partial charge in [0.05, 0.1) is 5.56 Å². The molecular weight excluding hydrogens is 448 g/mol. The Morgan fingerprint density at radius 3 is 2.00 bits per heavy atom. The summed E-state index contributed by atoms with van der Waals surface area (Å²) in [7, 11) is 0. The van der Waals surface area contributed by atoms with Gasteiger partial charge in [0.25, 0.3) is 0 Å². The minimum atomic E-state index is -0.652. The Balaban J connectivity index is 1.58. The Morgan fingerprint density at radius 1 is 0.806 bits per heavy atom. The monoisotopic (exact) mass is 476 g/mol. The molecule has 36 heavy (non-hydrogen) atoms. The lowest BCUT2D eigenvalue weighted by atomic mass is 9.91. The molecule has 4 nitrogen and oxygen atoms in total. The third kappa shape index (κ3) is 7.03. The van der Waals surface area contributed by atoms with E-state index in [-0.39, 0.29) is 29.3 Å². The lowest BCUT2D eigenvalue weighted by Gasteiger charge is -2.13. The molecule has 0 saturated heterocycles. The van der Waals surface area contributed by atoms with Crippen molar-refractivity contribution in [2.75, 3.05) is 0 Å². The van der Waals surface area contributed by atoms with Crippen LogP contribution in [-0.2, 0) is 11.2 Å². The summed E-state index contributed by atoms with van der Waals surface area (Å²) in [6.45, 7) is 0. The van der Waals surface area contributed by atoms with Gasteiger partial charge >= 0.3 is 5.63 Å². The predicted molar refractivity (Wildman–Crippen MR) is 145 cm³/mol. The molecule has 0 fully saturated rings. The standard InChI is InChI=1S/C32H28O4/c33-28(20-17-25-12-6-2-7-13-25)22-27(19-16-24-10-4-1-5-11-24)31-30(34)23-29(36-32(31)35)21-18-26-14-8-3-9-15-26/h1-16,18-19,21,23,27,34H,17,20,22H2/b19-16+,21-18+/t27-/m1/s1. The number of allylic oxidation sites excluding steroid dienone is 1. The summed E-state index contributed by atoms with van der Waals surface area (Å²) >= 11 is 0. The first-order chi connectivity index (χ1) is 17.6. The highest BCUT2D eigenvalue weighted by atomic mass is 16.4. The number of hydrogen-bond donors (Lipinski definition) is 1. The maximum absolute atomic E-state index is 13.0. The van der Waals surface area contributed by atoms with Crippen molar-refractivity contribution in [1.82, 2.24) is 0 Å². The minimum Gasteiger partial charge on any atom is -0.507 e. The summed E-state index contributed by atoms with van der Waals surface area (Å²) in [5, 5.41) is 10.8. The number of aromatic hydroxyl groups is 1. The lowest BCUT2D eigenvalue weighted by Crippen LogP contribution is -2.15. The van der Waals surface area contributed by atoms with E-state index in [2.05, 4.69) is 0 Å². The van der Waals surface area contributed by atoms with Crippen LogP contribution in [0.5, 0.6) is 5.75 Å². The molecule has 4 aromatic rings. The van der Waals surface area contributed by atoms with Gasteiger partial charge in [-0.1, -0.05) is 109 Å². The largest absolute Gasteiger partial charge is 0.507 e. The summed E-state index contributed by atoms with van der Waals surface area (Å²) in [6.07, 6.45) is 8.16. The van der Waals surface area contributed by atoms with Gasteiger partial charge in [0.2, 0.25) is 0 Å². The second-order valence-corrected chi connectivity index (χ2v) is 8.58. The first-order valence-electron chi connectivity index (χ1n) is 12.0. The summed E-state index contributed by atoms with van der Waals surface area (Å²) in [5.41, 5.74) is 2.40. The van der Waals surface area contributed by atoms with E-state index in [0.29, 0.717) is 12.8 Å². The van der Waals surface area contributed by atoms with Crippen molar-refractivity contribution >= 4 is 24.0 Å². The number of rotatable bonds is 10. The molecule has 0 aliphatic rings. The summed E-state index contributed by atoms with van der Waals surface area (Å²) in [5.74, 6) is -0.547. The number of aryl methyl sites for hydroxylation is 1. The van der Waals surface area contributed by atoms with E-state index in [1.54, 1.807) is 18.2 Å². The number of Topliss-reactive ketones (excluding diaryl/α,β-unsaturated/α-hetero) is 1. The molecule has 0 aliphatic heterocycles. The molecule has 180 valence electrons. The smallest absolute Gasteiger partial charge is 0.343 e. The second-order valence-electron chi connectivity index (χ2n) is 8.58. The van der Waals surface area contributed by atoms with Gasteiger partial charge < -0.3 is 9.52 Å². The molecule has 0 aliphatic carbocycles. The quantitative estimate of drug-likeness (QED) is 0.270. The zero-order valence-electron chi connectivity index (χ0n) is 19.9. The second kappa shape index (κ2) is 12.3. The van der Waals surface area contributed by atoms with Crippen molar-refractivity contribution < 1.29 is 14.3 Å². The first-order valence-corrected chi connectivity index (χ1v) is 12.0. The fourth-order valence-corrected chi connectivity index (χ4v) is 4.01. The van der Waals surface area contributed by atoms with Gasteiger partial charge in [0.15, 0.2) is 0 Å². The molecule has 0 spiro atoms. The lowest BCUT2D eigenvalue weighted by molar-refractivity contribution is -0.119. The Kier molecular flexibility index (Phi) is 8.44. The summed E-state index contributed by atoms with van der Waals surface area (Å²) in [6, 6.07) is 30.5. The maximum atomic E-state index is 13.0. The Bertz CT molecular complexity index is 1380. The van der Waals surface area contributed by atoms with Crippen LogP contribution in [0.15, 0.2) is 112 Å². The highest BCUT2D eigenvalue weighted by Crippen LogP contribution is 2.29. The zero-order valence-corrected chi connectivity index (χ0v) is 19.9. The number of carbonyl (C=O) groups is 1. The van der Waals surface area contributed by atoms with Crippen LogP contribution in [0.4, 0.5) is 0 Å². The normalized spacial score (nSPS) is 12.2. The predicted octanol–water partition coefficient (Wildman–Crippen LogP) is 6.90. The molecule has 1 heterocycles. The van der Waals surface area contributed by atoms with Gasteiger partial charge in [-0.25, -0.2) is 4.79 Å². The molecule has 1 atom stereocenters. The number of benzene rings is 3. The van der Waals surface area contributed by atoms with E-state index in [4.69, 9.17) is 4.42 Å². The number of hydrogen-bond acceptors (Lipinski definition) is 4. The van der Waals surface area contributed by atoms with E-state index >= 15 is 0 Å². The van der Waals surface area contributed by atoms with E-state index in [9.17, 15) is 14.7 Å². The van der Waals surface area contributed by atoms with Crippen LogP contribution in [0.25, 0.3) is 18.2 Å². The molecule has 1 aromatic heterocycles. The number of ketones is 1. The summed E-state index contributed by atoms with van der Waals surface area (Å²) in [4.78, 5) is 25.9. The van der Waals surface area contributed by atoms with Crippen molar-refractivity contribution in [3.63, 3.8) is 0 Å². The van der Waals surface area contributed by atoms with Crippen molar-refractivity contribution in [3.8, 4) is 5.75 Å². The highest BCUT2D eigenvalue weighted by Gasteiger charge is 2.22. The van der Waals surface area contributed by atoms with Crippen molar-refractivity contribution in [1.29, 1.82) is 0 Å². The van der Waals surface area contributed by atoms with Crippen molar-refractivity contribution in [3.05, 3.63) is 142 Å². The molecule has 0 bridgehead atoms. The van der Waals surface area contributed by atoms with Gasteiger partial charge in [0.1, 0.15) is 17.3 Å². The van der Waals surface area contributed by atoms with Gasteiger partial charge in [-0.05, 0) is 29.2 Å². The van der Waals surface area contributed by atoms with Crippen LogP contribution < -0.4 is 5.63 Å². The fourth-order valence-electron chi connectivity index (χ4n) is 4.01. The SMILES string of the molecule is O=C(CCc1ccccc1)C[C@@H](/C=C/c1ccccc1)c1c(O)cc(/C=C/c2ccccc2)oc1=O. The molecule has 4 heteroatoms. The third-order valence-corrected chi connectivity index (χ3v) is 5.90. The molecule has 0 saturated carbocycles. The van der Waals surface area contributed by atoms with Crippen molar-refractivity contribution in [2.24, 2.45) is 0 Å². The van der Waals surface area contributed by atoms with Gasteiger partial charge in [-0.3, -0.25) is 4.79 Å². The molecular formula is C32H28O4. The Morgan fingerprint density at radius 2 is 1.39 bits per heavy atom. The maximum Gasteiger partial charge on any atom is 0.343 e. The zero-order chi connectivity index (χ0) is 25.2. The van der Waals surface area contributed by atoms with Gasteiger partial charge in [0, 0.05) is 24.8 Å². The minimum absolute atomic E-state index is 0.00779. The van der Waals surface area contributed by atoms with Crippen LogP contribution in [0.2, 0.25) is 0 Å². The first kappa shape index (κ1) is 24.7. The van der Waals surface area contributed by atoms with Crippen LogP contribution in [0, 0.1) is 0 Å². The molecule has 3 aromatic carbocycles. The van der Waals surface area contributed by atoms with Crippen LogP contribution in [0.3, 0.4) is 0 Å². The van der Waals surface area contributed by atoms with Crippen LogP contribution in [-0.4, -0.2) is 10.9 Å². The average molecular weight is 477 g/mol.